The average Bonchev–Trinajstić information content (AvgIpc) is 3.21. The van der Waals surface area contributed by atoms with Gasteiger partial charge in [0.25, 0.3) is 5.91 Å². The fourth-order valence-electron chi connectivity index (χ4n) is 1.70. The minimum atomic E-state index is -3.48. The Morgan fingerprint density at radius 2 is 1.82 bits per heavy atom. The summed E-state index contributed by atoms with van der Waals surface area (Å²) in [6.07, 6.45) is 1.77. The fourth-order valence-corrected chi connectivity index (χ4v) is 3.01. The lowest BCUT2D eigenvalue weighted by Gasteiger charge is -2.24. The molecule has 0 saturated heterocycles. The molecule has 124 valence electrons. The second kappa shape index (κ2) is 6.95. The molecule has 0 bridgehead atoms. The minimum Gasteiger partial charge on any atom is -0.346 e. The first kappa shape index (κ1) is 18.9. The van der Waals surface area contributed by atoms with E-state index in [0.717, 1.165) is 12.8 Å². The number of amides is 1. The van der Waals surface area contributed by atoms with Crippen LogP contribution in [-0.4, -0.2) is 32.5 Å². The topological polar surface area (TPSA) is 101 Å². The Kier molecular flexibility index (Phi) is 5.97. The molecule has 0 spiro atoms. The summed E-state index contributed by atoms with van der Waals surface area (Å²) in [4.78, 5) is 12.2. The van der Waals surface area contributed by atoms with Gasteiger partial charge in [-0.05, 0) is 51.0 Å². The van der Waals surface area contributed by atoms with Crippen LogP contribution in [0, 0.1) is 0 Å². The summed E-state index contributed by atoms with van der Waals surface area (Å²) in [5.41, 5.74) is 5.46. The molecule has 6 nitrogen and oxygen atoms in total. The Balaban J connectivity index is 0.00000242. The molecule has 8 heteroatoms. The highest BCUT2D eigenvalue weighted by Gasteiger charge is 2.28. The third kappa shape index (κ3) is 4.95. The highest BCUT2D eigenvalue weighted by atomic mass is 35.5. The summed E-state index contributed by atoms with van der Waals surface area (Å²) in [5.74, 6) is -0.274. The van der Waals surface area contributed by atoms with E-state index in [2.05, 4.69) is 10.0 Å². The second-order valence-electron chi connectivity index (χ2n) is 5.96. The smallest absolute Gasteiger partial charge is 0.251 e. The van der Waals surface area contributed by atoms with E-state index in [9.17, 15) is 13.2 Å². The predicted molar refractivity (Wildman–Crippen MR) is 87.6 cm³/mol. The molecule has 1 fully saturated rings. The number of halogens is 1. The van der Waals surface area contributed by atoms with Crippen LogP contribution in [0.1, 0.15) is 37.0 Å². The number of nitrogens with one attached hydrogen (secondary N) is 2. The number of rotatable bonds is 6. The van der Waals surface area contributed by atoms with Crippen LogP contribution in [0.2, 0.25) is 0 Å². The van der Waals surface area contributed by atoms with E-state index in [1.54, 1.807) is 0 Å². The molecule has 0 aliphatic heterocycles. The van der Waals surface area contributed by atoms with Crippen molar-refractivity contribution in [2.24, 2.45) is 5.73 Å². The van der Waals surface area contributed by atoms with Crippen molar-refractivity contribution in [2.75, 3.05) is 6.54 Å². The van der Waals surface area contributed by atoms with Gasteiger partial charge in [0.1, 0.15) is 0 Å². The molecule has 1 amide bonds. The van der Waals surface area contributed by atoms with Gasteiger partial charge in [0.2, 0.25) is 10.0 Å². The maximum atomic E-state index is 12.0. The van der Waals surface area contributed by atoms with E-state index >= 15 is 0 Å². The SMILES string of the molecule is CC(C)(CN)NC(=O)c1ccc(S(=O)(=O)NC2CC2)cc1.Cl. The first-order valence-corrected chi connectivity index (χ1v) is 8.37. The molecule has 1 aliphatic carbocycles. The van der Waals surface area contributed by atoms with Crippen molar-refractivity contribution in [2.45, 2.75) is 43.2 Å². The summed E-state index contributed by atoms with van der Waals surface area (Å²) < 4.78 is 26.6. The van der Waals surface area contributed by atoms with E-state index in [-0.39, 0.29) is 29.3 Å². The Morgan fingerprint density at radius 1 is 1.27 bits per heavy atom. The highest BCUT2D eigenvalue weighted by molar-refractivity contribution is 7.89. The number of benzene rings is 1. The predicted octanol–water partition coefficient (Wildman–Crippen LogP) is 1.02. The molecule has 0 atom stereocenters. The van der Waals surface area contributed by atoms with Gasteiger partial charge >= 0.3 is 0 Å². The van der Waals surface area contributed by atoms with E-state index < -0.39 is 15.6 Å². The van der Waals surface area contributed by atoms with Crippen molar-refractivity contribution >= 4 is 28.3 Å². The van der Waals surface area contributed by atoms with E-state index in [1.807, 2.05) is 13.8 Å². The van der Waals surface area contributed by atoms with Crippen LogP contribution >= 0.6 is 12.4 Å². The highest BCUT2D eigenvalue weighted by Crippen LogP contribution is 2.22. The van der Waals surface area contributed by atoms with Gasteiger partial charge in [-0.25, -0.2) is 13.1 Å². The maximum absolute atomic E-state index is 12.0. The number of nitrogens with two attached hydrogens (primary N) is 1. The van der Waals surface area contributed by atoms with E-state index in [4.69, 9.17) is 5.73 Å². The van der Waals surface area contributed by atoms with E-state index in [0.29, 0.717) is 12.1 Å². The number of sulfonamides is 1. The minimum absolute atomic E-state index is 0. The van der Waals surface area contributed by atoms with Crippen molar-refractivity contribution in [1.29, 1.82) is 0 Å². The molecule has 1 aliphatic rings. The number of hydrogen-bond acceptors (Lipinski definition) is 4. The molecule has 22 heavy (non-hydrogen) atoms. The average molecular weight is 348 g/mol. The molecule has 1 aromatic carbocycles. The first-order valence-electron chi connectivity index (χ1n) is 6.88. The van der Waals surface area contributed by atoms with Crippen molar-refractivity contribution < 1.29 is 13.2 Å². The first-order chi connectivity index (χ1) is 9.73. The van der Waals surface area contributed by atoms with Gasteiger partial charge in [0.15, 0.2) is 0 Å². The second-order valence-corrected chi connectivity index (χ2v) is 7.68. The van der Waals surface area contributed by atoms with Crippen LogP contribution in [0.4, 0.5) is 0 Å². The zero-order valence-corrected chi connectivity index (χ0v) is 14.3. The van der Waals surface area contributed by atoms with Crippen LogP contribution in [0.15, 0.2) is 29.2 Å². The van der Waals surface area contributed by atoms with Crippen LogP contribution in [-0.2, 0) is 10.0 Å². The lowest BCUT2D eigenvalue weighted by Crippen LogP contribution is -2.48. The van der Waals surface area contributed by atoms with Gasteiger partial charge < -0.3 is 11.1 Å². The Morgan fingerprint density at radius 3 is 2.27 bits per heavy atom. The Labute approximate surface area is 137 Å². The van der Waals surface area contributed by atoms with Gasteiger partial charge in [0, 0.05) is 23.7 Å². The normalized spacial score (nSPS) is 15.0. The van der Waals surface area contributed by atoms with Crippen LogP contribution < -0.4 is 15.8 Å². The van der Waals surface area contributed by atoms with E-state index in [1.165, 1.54) is 24.3 Å². The molecule has 1 aromatic rings. The third-order valence-electron chi connectivity index (χ3n) is 3.29. The van der Waals surface area contributed by atoms with Gasteiger partial charge in [0.05, 0.1) is 4.90 Å². The summed E-state index contributed by atoms with van der Waals surface area (Å²) in [5, 5.41) is 2.79. The summed E-state index contributed by atoms with van der Waals surface area (Å²) in [6, 6.07) is 5.94. The third-order valence-corrected chi connectivity index (χ3v) is 4.82. The maximum Gasteiger partial charge on any atom is 0.251 e. The van der Waals surface area contributed by atoms with Crippen LogP contribution in [0.25, 0.3) is 0 Å². The summed E-state index contributed by atoms with van der Waals surface area (Å²) in [6.45, 7) is 3.96. The molecule has 0 aromatic heterocycles. The quantitative estimate of drug-likeness (QED) is 0.715. The van der Waals surface area contributed by atoms with Gasteiger partial charge in [-0.15, -0.1) is 12.4 Å². The Hall–Kier alpha value is -1.15. The summed E-state index contributed by atoms with van der Waals surface area (Å²) in [7, 11) is -3.48. The zero-order chi connectivity index (χ0) is 15.7. The number of carbonyl (C=O) groups is 1. The molecule has 0 heterocycles. The molecule has 4 N–H and O–H groups in total. The van der Waals surface area contributed by atoms with Crippen molar-refractivity contribution in [3.63, 3.8) is 0 Å². The van der Waals surface area contributed by atoms with Crippen molar-refractivity contribution in [3.8, 4) is 0 Å². The molecule has 1 saturated carbocycles. The largest absolute Gasteiger partial charge is 0.346 e. The monoisotopic (exact) mass is 347 g/mol. The molecule has 0 radical (unpaired) electrons. The number of carbonyl (C=O) groups excluding carboxylic acids is 1. The Bertz CT molecular complexity index is 625. The fraction of sp³-hybridized carbons (Fsp3) is 0.500. The van der Waals surface area contributed by atoms with Gasteiger partial charge in [-0.1, -0.05) is 0 Å². The summed E-state index contributed by atoms with van der Waals surface area (Å²) >= 11 is 0. The van der Waals surface area contributed by atoms with Crippen LogP contribution in [0.3, 0.4) is 0 Å². The van der Waals surface area contributed by atoms with Crippen molar-refractivity contribution in [1.82, 2.24) is 10.0 Å². The zero-order valence-electron chi connectivity index (χ0n) is 12.6. The number of hydrogen-bond donors (Lipinski definition) is 3. The molecular weight excluding hydrogens is 326 g/mol. The van der Waals surface area contributed by atoms with Crippen molar-refractivity contribution in [3.05, 3.63) is 29.8 Å². The molecule has 0 unspecified atom stereocenters. The van der Waals surface area contributed by atoms with Gasteiger partial charge in [-0.2, -0.15) is 0 Å². The lowest BCUT2D eigenvalue weighted by molar-refractivity contribution is 0.0915. The lowest BCUT2D eigenvalue weighted by atomic mass is 10.1. The standard InChI is InChI=1S/C14H21N3O3S.ClH/c1-14(2,9-15)16-13(18)10-3-7-12(8-4-10)21(19,20)17-11-5-6-11;/h3-4,7-8,11,17H,5-6,9,15H2,1-2H3,(H,16,18);1H. The van der Waals surface area contributed by atoms with Gasteiger partial charge in [-0.3, -0.25) is 4.79 Å². The van der Waals surface area contributed by atoms with Crippen LogP contribution in [0.5, 0.6) is 0 Å². The molecule has 2 rings (SSSR count). The molecular formula is C14H22ClN3O3S.